The Morgan fingerprint density at radius 1 is 0.811 bits per heavy atom. The van der Waals surface area contributed by atoms with Gasteiger partial charge in [-0.25, -0.2) is 9.59 Å². The predicted octanol–water partition coefficient (Wildman–Crippen LogP) is 6.44. The molecule has 276 valence electrons. The number of ether oxygens (including phenoxy) is 3. The molecule has 2 heterocycles. The molecule has 0 radical (unpaired) electrons. The van der Waals surface area contributed by atoms with Crippen molar-refractivity contribution in [3.8, 4) is 22.6 Å². The highest BCUT2D eigenvalue weighted by Gasteiger charge is 2.32. The van der Waals surface area contributed by atoms with Gasteiger partial charge in [0, 0.05) is 38.5 Å². The molecule has 6 rings (SSSR count). The molecule has 2 aliphatic rings. The molecule has 4 aromatic rings. The molecule has 3 aromatic carbocycles. The molecule has 1 fully saturated rings. The molecule has 4 amide bonds. The number of benzene rings is 3. The predicted molar refractivity (Wildman–Crippen MR) is 195 cm³/mol. The highest BCUT2D eigenvalue weighted by Crippen LogP contribution is 2.44. The minimum Gasteiger partial charge on any atom is -0.459 e. The minimum absolute atomic E-state index is 0.0131. The smallest absolute Gasteiger partial charge is 0.415 e. The van der Waals surface area contributed by atoms with Crippen LogP contribution in [0.25, 0.3) is 11.1 Å². The number of esters is 1. The maximum atomic E-state index is 13.8. The minimum atomic E-state index is -1.01. The summed E-state index contributed by atoms with van der Waals surface area (Å²) in [6, 6.07) is 22.7. The largest absolute Gasteiger partial charge is 0.459 e. The summed E-state index contributed by atoms with van der Waals surface area (Å²) in [7, 11) is 0. The number of carbonyl (C=O) groups is 5. The second kappa shape index (κ2) is 16.5. The van der Waals surface area contributed by atoms with Crippen LogP contribution in [0.2, 0.25) is 0 Å². The van der Waals surface area contributed by atoms with Gasteiger partial charge in [0.1, 0.15) is 12.6 Å². The summed E-state index contributed by atoms with van der Waals surface area (Å²) < 4.78 is 22.2. The van der Waals surface area contributed by atoms with E-state index in [0.29, 0.717) is 0 Å². The fourth-order valence-electron chi connectivity index (χ4n) is 6.50. The van der Waals surface area contributed by atoms with Crippen LogP contribution in [0.4, 0.5) is 15.3 Å². The van der Waals surface area contributed by atoms with Crippen LogP contribution in [0, 0.1) is 5.92 Å². The lowest BCUT2D eigenvalue weighted by Crippen LogP contribution is -2.51. The van der Waals surface area contributed by atoms with Crippen LogP contribution >= 0.6 is 0 Å². The van der Waals surface area contributed by atoms with Crippen LogP contribution in [0.3, 0.4) is 0 Å². The van der Waals surface area contributed by atoms with Gasteiger partial charge < -0.3 is 39.1 Å². The average molecular weight is 723 g/mol. The van der Waals surface area contributed by atoms with Gasteiger partial charge >= 0.3 is 18.2 Å². The third-order valence-corrected chi connectivity index (χ3v) is 9.16. The van der Waals surface area contributed by atoms with Gasteiger partial charge in [-0.2, -0.15) is 0 Å². The Hall–Kier alpha value is -6.11. The van der Waals surface area contributed by atoms with Gasteiger partial charge in [0.25, 0.3) is 5.91 Å². The number of hydrogen-bond acceptors (Lipinski definition) is 9. The van der Waals surface area contributed by atoms with E-state index in [1.807, 2.05) is 62.4 Å². The van der Waals surface area contributed by atoms with Crippen LogP contribution in [0.15, 0.2) is 89.5 Å². The Bertz CT molecular complexity index is 1920. The monoisotopic (exact) mass is 722 g/mol. The van der Waals surface area contributed by atoms with E-state index >= 15 is 0 Å². The van der Waals surface area contributed by atoms with E-state index in [2.05, 4.69) is 10.6 Å². The molecule has 13 heteroatoms. The van der Waals surface area contributed by atoms with Crippen molar-refractivity contribution in [3.05, 3.63) is 102 Å². The van der Waals surface area contributed by atoms with E-state index in [9.17, 15) is 24.0 Å². The summed E-state index contributed by atoms with van der Waals surface area (Å²) in [5.74, 6) is -1.65. The number of anilines is 1. The van der Waals surface area contributed by atoms with Crippen LogP contribution in [-0.4, -0.2) is 78.6 Å². The zero-order valence-electron chi connectivity index (χ0n) is 29.8. The van der Waals surface area contributed by atoms with Gasteiger partial charge in [0.15, 0.2) is 17.3 Å². The number of para-hydroxylation sites is 1. The Balaban J connectivity index is 1.12. The van der Waals surface area contributed by atoms with Crippen molar-refractivity contribution in [2.45, 2.75) is 45.6 Å². The molecule has 1 aliphatic carbocycles. The summed E-state index contributed by atoms with van der Waals surface area (Å²) in [6.45, 7) is 6.44. The average Bonchev–Trinajstić information content (AvgIpc) is 3.81. The number of nitrogens with one attached hydrogen (secondary N) is 2. The van der Waals surface area contributed by atoms with Gasteiger partial charge in [-0.15, -0.1) is 0 Å². The first-order valence-electron chi connectivity index (χ1n) is 17.7. The first-order chi connectivity index (χ1) is 25.6. The van der Waals surface area contributed by atoms with Crippen molar-refractivity contribution < 1.29 is 42.6 Å². The topological polar surface area (TPSA) is 157 Å². The second-order valence-corrected chi connectivity index (χ2v) is 13.2. The zero-order valence-corrected chi connectivity index (χ0v) is 29.8. The Morgan fingerprint density at radius 3 is 2.09 bits per heavy atom. The van der Waals surface area contributed by atoms with Crippen LogP contribution in [0.5, 0.6) is 11.5 Å². The maximum Gasteiger partial charge on any atom is 0.415 e. The van der Waals surface area contributed by atoms with Crippen LogP contribution in [0.1, 0.15) is 61.2 Å². The fraction of sp³-hybridized carbons (Fsp3) is 0.325. The van der Waals surface area contributed by atoms with E-state index < -0.39 is 30.1 Å². The van der Waals surface area contributed by atoms with Crippen LogP contribution < -0.4 is 20.1 Å². The molecular weight excluding hydrogens is 680 g/mol. The molecule has 0 unspecified atom stereocenters. The molecule has 1 atom stereocenters. The molecule has 1 aromatic heterocycles. The Kier molecular flexibility index (Phi) is 11.4. The first-order valence-corrected chi connectivity index (χ1v) is 17.7. The summed E-state index contributed by atoms with van der Waals surface area (Å²) in [5.41, 5.74) is 4.40. The highest BCUT2D eigenvalue weighted by molar-refractivity contribution is 5.98. The Morgan fingerprint density at radius 2 is 1.47 bits per heavy atom. The lowest BCUT2D eigenvalue weighted by Gasteiger charge is -2.33. The molecule has 1 saturated heterocycles. The van der Waals surface area contributed by atoms with Crippen LogP contribution in [-0.2, 0) is 14.3 Å². The van der Waals surface area contributed by atoms with Gasteiger partial charge in [0.2, 0.25) is 5.91 Å². The number of furan rings is 1. The fourth-order valence-corrected chi connectivity index (χ4v) is 6.50. The SMILES string of the molecule is CCC(=O)Oc1c(NC(=O)[C@H](CC(C)C)NC(=O)OCC2c3ccccc3-c3ccccc32)cccc1OC(=O)N1CCN(C(=O)c2ccco2)CC1. The maximum absolute atomic E-state index is 13.8. The molecule has 2 N–H and O–H groups in total. The molecule has 0 spiro atoms. The van der Waals surface area contributed by atoms with Gasteiger partial charge in [-0.1, -0.05) is 75.4 Å². The summed E-state index contributed by atoms with van der Waals surface area (Å²) in [6.07, 6.45) is 0.247. The quantitative estimate of drug-likeness (QED) is 0.131. The van der Waals surface area contributed by atoms with Gasteiger partial charge in [0.05, 0.1) is 12.0 Å². The molecule has 0 bridgehead atoms. The highest BCUT2D eigenvalue weighted by atomic mass is 16.6. The van der Waals surface area contributed by atoms with Crippen molar-refractivity contribution in [1.29, 1.82) is 0 Å². The number of hydrogen-bond donors (Lipinski definition) is 2. The number of piperazine rings is 1. The third kappa shape index (κ3) is 8.52. The van der Waals surface area contributed by atoms with Crippen molar-refractivity contribution in [3.63, 3.8) is 0 Å². The molecule has 13 nitrogen and oxygen atoms in total. The lowest BCUT2D eigenvalue weighted by atomic mass is 9.98. The number of nitrogens with zero attached hydrogens (tertiary/aromatic N) is 2. The number of rotatable bonds is 11. The lowest BCUT2D eigenvalue weighted by molar-refractivity contribution is -0.134. The number of amides is 4. The van der Waals surface area contributed by atoms with Crippen molar-refractivity contribution in [1.82, 2.24) is 15.1 Å². The summed E-state index contributed by atoms with van der Waals surface area (Å²) in [4.78, 5) is 68.4. The zero-order chi connectivity index (χ0) is 37.5. The molecule has 0 saturated carbocycles. The third-order valence-electron chi connectivity index (χ3n) is 9.16. The van der Waals surface area contributed by atoms with E-state index in [0.717, 1.165) is 22.3 Å². The standard InChI is InChI=1S/C40H42N4O9/c1-4-35(45)53-36-31(15-9-16-33(36)52-40(49)44-20-18-43(19-21-44)38(47)34-17-10-22-50-34)41-37(46)32(23-25(2)3)42-39(48)51-24-30-28-13-7-5-11-26(28)27-12-6-8-14-29(27)30/h5-17,22,25,30,32H,4,18-21,23-24H2,1-3H3,(H,41,46)(H,42,48)/t32-/m0/s1. The van der Waals surface area contributed by atoms with Crippen molar-refractivity contribution >= 4 is 35.7 Å². The Labute approximate surface area is 307 Å². The van der Waals surface area contributed by atoms with E-state index in [1.54, 1.807) is 24.0 Å². The first kappa shape index (κ1) is 36.7. The van der Waals surface area contributed by atoms with Gasteiger partial charge in [-0.3, -0.25) is 14.4 Å². The van der Waals surface area contributed by atoms with Crippen molar-refractivity contribution in [2.24, 2.45) is 5.92 Å². The normalized spacial score (nSPS) is 14.2. The van der Waals surface area contributed by atoms with E-state index in [1.165, 1.54) is 29.4 Å². The number of fused-ring (bicyclic) bond motifs is 3. The molecular formula is C40H42N4O9. The molecule has 53 heavy (non-hydrogen) atoms. The van der Waals surface area contributed by atoms with Gasteiger partial charge in [-0.05, 0) is 58.9 Å². The van der Waals surface area contributed by atoms with E-state index in [4.69, 9.17) is 18.6 Å². The van der Waals surface area contributed by atoms with E-state index in [-0.39, 0.29) is 86.3 Å². The molecule has 1 aliphatic heterocycles. The summed E-state index contributed by atoms with van der Waals surface area (Å²) >= 11 is 0. The second-order valence-electron chi connectivity index (χ2n) is 13.2. The number of alkyl carbamates (subject to hydrolysis) is 1. The van der Waals surface area contributed by atoms with Crippen molar-refractivity contribution in [2.75, 3.05) is 38.1 Å². The summed E-state index contributed by atoms with van der Waals surface area (Å²) in [5, 5.41) is 5.47. The number of carbonyl (C=O) groups excluding carboxylic acids is 5.